The number of aryl methyl sites for hydroxylation is 2. The topological polar surface area (TPSA) is 75.4 Å². The van der Waals surface area contributed by atoms with E-state index in [4.69, 9.17) is 4.42 Å². The third-order valence-electron chi connectivity index (χ3n) is 5.46. The van der Waals surface area contributed by atoms with Gasteiger partial charge in [-0.2, -0.15) is 0 Å². The quantitative estimate of drug-likeness (QED) is 0.856. The molecule has 26 heavy (non-hydrogen) atoms. The number of carbonyl (C=O) groups is 2. The van der Waals surface area contributed by atoms with Crippen molar-refractivity contribution in [1.82, 2.24) is 15.2 Å². The Morgan fingerprint density at radius 3 is 2.81 bits per heavy atom. The van der Waals surface area contributed by atoms with Gasteiger partial charge in [-0.3, -0.25) is 9.69 Å². The minimum absolute atomic E-state index is 0.120. The number of imide groups is 1. The SMILES string of the molecule is CC(C)c1ocnc1CN1C(=O)NC(C)(c2ccc3c(c2)CCC3)C1=O. The first-order valence-corrected chi connectivity index (χ1v) is 9.09. The third kappa shape index (κ3) is 2.52. The highest BCUT2D eigenvalue weighted by atomic mass is 16.3. The number of rotatable bonds is 4. The lowest BCUT2D eigenvalue weighted by molar-refractivity contribution is -0.131. The zero-order valence-electron chi connectivity index (χ0n) is 15.3. The number of nitrogens with zero attached hydrogens (tertiary/aromatic N) is 2. The first-order valence-electron chi connectivity index (χ1n) is 9.09. The summed E-state index contributed by atoms with van der Waals surface area (Å²) < 4.78 is 5.41. The van der Waals surface area contributed by atoms with E-state index in [1.165, 1.54) is 22.4 Å². The molecule has 1 unspecified atom stereocenters. The average molecular weight is 353 g/mol. The normalized spacial score (nSPS) is 22.2. The molecule has 6 heteroatoms. The fourth-order valence-corrected chi connectivity index (χ4v) is 3.94. The first-order chi connectivity index (χ1) is 12.4. The van der Waals surface area contributed by atoms with Crippen LogP contribution in [0.5, 0.6) is 0 Å². The number of hydrogen-bond donors (Lipinski definition) is 1. The molecule has 3 amide bonds. The van der Waals surface area contributed by atoms with Crippen LogP contribution in [-0.4, -0.2) is 21.8 Å². The van der Waals surface area contributed by atoms with Gasteiger partial charge in [0.25, 0.3) is 5.91 Å². The number of benzene rings is 1. The maximum absolute atomic E-state index is 13.1. The van der Waals surface area contributed by atoms with Gasteiger partial charge in [0.1, 0.15) is 17.0 Å². The van der Waals surface area contributed by atoms with Gasteiger partial charge in [0.05, 0.1) is 6.54 Å². The van der Waals surface area contributed by atoms with E-state index in [2.05, 4.69) is 22.4 Å². The maximum atomic E-state index is 13.1. The lowest BCUT2D eigenvalue weighted by Gasteiger charge is -2.23. The molecule has 2 heterocycles. The second-order valence-electron chi connectivity index (χ2n) is 7.60. The number of aromatic nitrogens is 1. The van der Waals surface area contributed by atoms with Gasteiger partial charge in [0.2, 0.25) is 0 Å². The van der Waals surface area contributed by atoms with E-state index >= 15 is 0 Å². The van der Waals surface area contributed by atoms with Crippen LogP contribution in [0.2, 0.25) is 0 Å². The highest BCUT2D eigenvalue weighted by Gasteiger charge is 2.49. The largest absolute Gasteiger partial charge is 0.448 e. The highest BCUT2D eigenvalue weighted by Crippen LogP contribution is 2.33. The molecule has 4 rings (SSSR count). The van der Waals surface area contributed by atoms with Gasteiger partial charge in [-0.15, -0.1) is 0 Å². The predicted molar refractivity (Wildman–Crippen MR) is 95.5 cm³/mol. The summed E-state index contributed by atoms with van der Waals surface area (Å²) in [7, 11) is 0. The van der Waals surface area contributed by atoms with Crippen molar-refractivity contribution in [3.05, 3.63) is 52.7 Å². The molecule has 1 aliphatic carbocycles. The van der Waals surface area contributed by atoms with Crippen molar-refractivity contribution in [2.75, 3.05) is 0 Å². The van der Waals surface area contributed by atoms with Crippen molar-refractivity contribution in [1.29, 1.82) is 0 Å². The van der Waals surface area contributed by atoms with Gasteiger partial charge in [-0.05, 0) is 42.9 Å². The second-order valence-corrected chi connectivity index (χ2v) is 7.60. The van der Waals surface area contributed by atoms with Crippen LogP contribution in [0, 0.1) is 0 Å². The number of fused-ring (bicyclic) bond motifs is 1. The number of nitrogens with one attached hydrogen (secondary N) is 1. The van der Waals surface area contributed by atoms with E-state index in [0.717, 1.165) is 24.8 Å². The third-order valence-corrected chi connectivity index (χ3v) is 5.46. The van der Waals surface area contributed by atoms with Crippen molar-refractivity contribution >= 4 is 11.9 Å². The molecule has 1 N–H and O–H groups in total. The minimum Gasteiger partial charge on any atom is -0.448 e. The molecule has 2 aromatic rings. The predicted octanol–water partition coefficient (Wildman–Crippen LogP) is 3.25. The van der Waals surface area contributed by atoms with Crippen molar-refractivity contribution in [3.8, 4) is 0 Å². The van der Waals surface area contributed by atoms with Gasteiger partial charge in [0.15, 0.2) is 6.39 Å². The van der Waals surface area contributed by atoms with Crippen molar-refractivity contribution in [2.24, 2.45) is 0 Å². The Morgan fingerprint density at radius 2 is 2.04 bits per heavy atom. The molecule has 0 saturated carbocycles. The summed E-state index contributed by atoms with van der Waals surface area (Å²) in [6, 6.07) is 5.72. The van der Waals surface area contributed by atoms with Gasteiger partial charge < -0.3 is 9.73 Å². The van der Waals surface area contributed by atoms with E-state index in [0.29, 0.717) is 11.5 Å². The van der Waals surface area contributed by atoms with Crippen LogP contribution >= 0.6 is 0 Å². The summed E-state index contributed by atoms with van der Waals surface area (Å²) in [5.41, 5.74) is 3.04. The summed E-state index contributed by atoms with van der Waals surface area (Å²) >= 11 is 0. The van der Waals surface area contributed by atoms with Crippen molar-refractivity contribution < 1.29 is 14.0 Å². The maximum Gasteiger partial charge on any atom is 0.325 e. The van der Waals surface area contributed by atoms with E-state index in [1.807, 2.05) is 19.9 Å². The molecule has 1 atom stereocenters. The van der Waals surface area contributed by atoms with Crippen LogP contribution in [0.3, 0.4) is 0 Å². The molecule has 1 aliphatic heterocycles. The number of oxazole rings is 1. The standard InChI is InChI=1S/C20H23N3O3/c1-12(2)17-16(21-11-26-17)10-23-18(24)20(3,22-19(23)25)15-8-7-13-5-4-6-14(13)9-15/h7-9,11-12H,4-6,10H2,1-3H3,(H,22,25). The Kier molecular flexibility index (Phi) is 3.86. The first kappa shape index (κ1) is 16.8. The Hall–Kier alpha value is -2.63. The van der Waals surface area contributed by atoms with Crippen LogP contribution in [0.1, 0.15) is 61.3 Å². The fraction of sp³-hybridized carbons (Fsp3) is 0.450. The Labute approximate surface area is 152 Å². The molecule has 0 radical (unpaired) electrons. The number of hydrogen-bond acceptors (Lipinski definition) is 4. The zero-order valence-corrected chi connectivity index (χ0v) is 15.3. The molecular weight excluding hydrogens is 330 g/mol. The lowest BCUT2D eigenvalue weighted by atomic mass is 9.89. The van der Waals surface area contributed by atoms with Crippen molar-refractivity contribution in [3.63, 3.8) is 0 Å². The summed E-state index contributed by atoms with van der Waals surface area (Å²) in [5.74, 6) is 0.589. The number of carbonyl (C=O) groups excluding carboxylic acids is 2. The molecule has 6 nitrogen and oxygen atoms in total. The Bertz CT molecular complexity index is 886. The molecular formula is C20H23N3O3. The van der Waals surface area contributed by atoms with Gasteiger partial charge in [-0.1, -0.05) is 32.0 Å². The van der Waals surface area contributed by atoms with Crippen LogP contribution < -0.4 is 5.32 Å². The fourth-order valence-electron chi connectivity index (χ4n) is 3.94. The van der Waals surface area contributed by atoms with Crippen LogP contribution in [0.4, 0.5) is 4.79 Å². The molecule has 0 spiro atoms. The Balaban J connectivity index is 1.63. The van der Waals surface area contributed by atoms with Crippen LogP contribution in [-0.2, 0) is 29.7 Å². The summed E-state index contributed by atoms with van der Waals surface area (Å²) in [4.78, 5) is 31.1. The number of amides is 3. The number of urea groups is 1. The van der Waals surface area contributed by atoms with E-state index < -0.39 is 11.6 Å². The summed E-state index contributed by atoms with van der Waals surface area (Å²) in [5, 5.41) is 2.88. The lowest BCUT2D eigenvalue weighted by Crippen LogP contribution is -2.41. The van der Waals surface area contributed by atoms with Gasteiger partial charge >= 0.3 is 6.03 Å². The molecule has 2 aliphatic rings. The van der Waals surface area contributed by atoms with Crippen molar-refractivity contribution in [2.45, 2.75) is 58.0 Å². The zero-order chi connectivity index (χ0) is 18.5. The summed E-state index contributed by atoms with van der Waals surface area (Å²) in [6.07, 6.45) is 4.62. The van der Waals surface area contributed by atoms with E-state index in [-0.39, 0.29) is 18.4 Å². The second kappa shape index (κ2) is 5.97. The molecule has 1 aromatic carbocycles. The summed E-state index contributed by atoms with van der Waals surface area (Å²) in [6.45, 7) is 5.88. The van der Waals surface area contributed by atoms with E-state index in [1.54, 1.807) is 6.92 Å². The molecule has 136 valence electrons. The van der Waals surface area contributed by atoms with Gasteiger partial charge in [0, 0.05) is 5.92 Å². The molecule has 0 bridgehead atoms. The van der Waals surface area contributed by atoms with Gasteiger partial charge in [-0.25, -0.2) is 9.78 Å². The monoisotopic (exact) mass is 353 g/mol. The van der Waals surface area contributed by atoms with Crippen LogP contribution in [0.25, 0.3) is 0 Å². The molecule has 1 aromatic heterocycles. The average Bonchev–Trinajstić information content (AvgIpc) is 3.30. The van der Waals surface area contributed by atoms with E-state index in [9.17, 15) is 9.59 Å². The smallest absolute Gasteiger partial charge is 0.325 e. The highest BCUT2D eigenvalue weighted by molar-refractivity contribution is 6.07. The molecule has 1 saturated heterocycles. The Morgan fingerprint density at radius 1 is 1.27 bits per heavy atom. The minimum atomic E-state index is -1.05. The molecule has 1 fully saturated rings. The van der Waals surface area contributed by atoms with Crippen LogP contribution in [0.15, 0.2) is 29.0 Å².